The van der Waals surface area contributed by atoms with Crippen LogP contribution in [0, 0.1) is 0 Å². The standard InChI is InChI=1S/C63H121NO5/c1-3-5-7-9-11-13-15-17-19-21-22-23-24-27-31-35-39-43-47-51-55-61(66)60(59-65)64-62(67)56-52-48-44-40-36-32-28-25-26-30-34-38-42-46-50-54-58-69-63(68)57-53-49-45-41-37-33-29-20-18-16-14-12-10-8-6-4-2/h20,25,28-29,60-61,65-66H,3-19,21-24,26-27,30-59H2,1-2H3,(H,64,67)/b28-25-,29-20-. The molecule has 0 saturated heterocycles. The lowest BCUT2D eigenvalue weighted by molar-refractivity contribution is -0.143. The molecular weight excluding hydrogens is 851 g/mol. The Bertz CT molecular complexity index is 1080. The quantitative estimate of drug-likeness (QED) is 0.0321. The van der Waals surface area contributed by atoms with Crippen LogP contribution in [0.3, 0.4) is 0 Å². The van der Waals surface area contributed by atoms with Crippen molar-refractivity contribution in [1.82, 2.24) is 5.32 Å². The average molecular weight is 973 g/mol. The first-order valence-electron chi connectivity index (χ1n) is 31.1. The lowest BCUT2D eigenvalue weighted by Gasteiger charge is -2.22. The van der Waals surface area contributed by atoms with Crippen molar-refractivity contribution in [3.8, 4) is 0 Å². The number of allylic oxidation sites excluding steroid dienone is 4. The molecule has 1 amide bonds. The summed E-state index contributed by atoms with van der Waals surface area (Å²) < 4.78 is 5.47. The number of hydrogen-bond donors (Lipinski definition) is 3. The van der Waals surface area contributed by atoms with Gasteiger partial charge in [-0.05, 0) is 77.0 Å². The Labute approximate surface area is 431 Å². The van der Waals surface area contributed by atoms with Gasteiger partial charge in [0.1, 0.15) is 0 Å². The molecule has 0 aliphatic rings. The molecule has 0 spiro atoms. The van der Waals surface area contributed by atoms with Gasteiger partial charge in [0.25, 0.3) is 0 Å². The average Bonchev–Trinajstić information content (AvgIpc) is 3.35. The van der Waals surface area contributed by atoms with Gasteiger partial charge in [0.05, 0.1) is 25.4 Å². The van der Waals surface area contributed by atoms with E-state index in [2.05, 4.69) is 43.5 Å². The molecule has 408 valence electrons. The fourth-order valence-corrected chi connectivity index (χ4v) is 9.69. The third-order valence-electron chi connectivity index (χ3n) is 14.5. The van der Waals surface area contributed by atoms with E-state index in [-0.39, 0.29) is 18.5 Å². The van der Waals surface area contributed by atoms with Crippen LogP contribution in [0.5, 0.6) is 0 Å². The molecule has 0 aromatic carbocycles. The molecule has 0 bridgehead atoms. The molecule has 0 fully saturated rings. The third-order valence-corrected chi connectivity index (χ3v) is 14.5. The van der Waals surface area contributed by atoms with Crippen molar-refractivity contribution in [2.24, 2.45) is 0 Å². The van der Waals surface area contributed by atoms with Crippen LogP contribution in [-0.2, 0) is 14.3 Å². The van der Waals surface area contributed by atoms with Crippen molar-refractivity contribution < 1.29 is 24.5 Å². The summed E-state index contributed by atoms with van der Waals surface area (Å²) in [7, 11) is 0. The van der Waals surface area contributed by atoms with Gasteiger partial charge < -0.3 is 20.3 Å². The maximum absolute atomic E-state index is 12.5. The second-order valence-electron chi connectivity index (χ2n) is 21.4. The Morgan fingerprint density at radius 3 is 1.03 bits per heavy atom. The smallest absolute Gasteiger partial charge is 0.305 e. The van der Waals surface area contributed by atoms with E-state index in [0.717, 1.165) is 64.2 Å². The first kappa shape index (κ1) is 67.3. The highest BCUT2D eigenvalue weighted by Crippen LogP contribution is 2.17. The van der Waals surface area contributed by atoms with E-state index >= 15 is 0 Å². The first-order chi connectivity index (χ1) is 34.0. The molecule has 0 aliphatic heterocycles. The van der Waals surface area contributed by atoms with E-state index in [0.29, 0.717) is 25.9 Å². The molecule has 3 N–H and O–H groups in total. The molecule has 0 radical (unpaired) electrons. The Morgan fingerprint density at radius 1 is 0.391 bits per heavy atom. The SMILES string of the molecule is CCCCCCCCC/C=C\CCCCCCCC(=O)OCCCCCCCCC/C=C\CCCCCCCC(=O)NC(CO)C(O)CCCCCCCCCCCCCCCCCCCCCC. The van der Waals surface area contributed by atoms with Crippen LogP contribution in [0.25, 0.3) is 0 Å². The maximum atomic E-state index is 12.5. The number of rotatable bonds is 58. The van der Waals surface area contributed by atoms with Gasteiger partial charge in [0, 0.05) is 12.8 Å². The highest BCUT2D eigenvalue weighted by Gasteiger charge is 2.20. The predicted molar refractivity (Wildman–Crippen MR) is 301 cm³/mol. The van der Waals surface area contributed by atoms with Crippen molar-refractivity contribution in [1.29, 1.82) is 0 Å². The molecular formula is C63H121NO5. The van der Waals surface area contributed by atoms with Gasteiger partial charge in [-0.2, -0.15) is 0 Å². The van der Waals surface area contributed by atoms with Gasteiger partial charge in [0.15, 0.2) is 0 Å². The summed E-state index contributed by atoms with van der Waals surface area (Å²) in [5.41, 5.74) is 0. The number of nitrogens with one attached hydrogen (secondary N) is 1. The van der Waals surface area contributed by atoms with Crippen LogP contribution in [0.1, 0.15) is 341 Å². The van der Waals surface area contributed by atoms with Gasteiger partial charge in [-0.15, -0.1) is 0 Å². The highest BCUT2D eigenvalue weighted by molar-refractivity contribution is 5.76. The maximum Gasteiger partial charge on any atom is 0.305 e. The Kier molecular flexibility index (Phi) is 57.5. The summed E-state index contributed by atoms with van der Waals surface area (Å²) in [6.07, 6.45) is 71.8. The second kappa shape index (κ2) is 58.9. The van der Waals surface area contributed by atoms with Crippen LogP contribution in [-0.4, -0.2) is 47.4 Å². The van der Waals surface area contributed by atoms with Gasteiger partial charge in [-0.3, -0.25) is 9.59 Å². The zero-order valence-corrected chi connectivity index (χ0v) is 46.6. The minimum atomic E-state index is -0.676. The number of aliphatic hydroxyl groups excluding tert-OH is 2. The van der Waals surface area contributed by atoms with Crippen molar-refractivity contribution in [3.05, 3.63) is 24.3 Å². The van der Waals surface area contributed by atoms with Crippen molar-refractivity contribution in [2.45, 2.75) is 353 Å². The highest BCUT2D eigenvalue weighted by atomic mass is 16.5. The van der Waals surface area contributed by atoms with Crippen molar-refractivity contribution in [3.63, 3.8) is 0 Å². The lowest BCUT2D eigenvalue weighted by atomic mass is 10.0. The van der Waals surface area contributed by atoms with Gasteiger partial charge >= 0.3 is 5.97 Å². The molecule has 0 saturated carbocycles. The third kappa shape index (κ3) is 55.5. The summed E-state index contributed by atoms with van der Waals surface area (Å²) in [6.45, 7) is 4.95. The number of hydrogen-bond acceptors (Lipinski definition) is 5. The van der Waals surface area contributed by atoms with E-state index in [1.807, 2.05) is 0 Å². The summed E-state index contributed by atoms with van der Waals surface area (Å²) in [6, 6.07) is -0.555. The topological polar surface area (TPSA) is 95.9 Å². The van der Waals surface area contributed by atoms with Gasteiger partial charge in [-0.25, -0.2) is 0 Å². The van der Waals surface area contributed by atoms with Crippen LogP contribution < -0.4 is 5.32 Å². The predicted octanol–water partition coefficient (Wildman–Crippen LogP) is 19.4. The Balaban J connectivity index is 3.46. The molecule has 0 aromatic heterocycles. The number of ether oxygens (including phenoxy) is 1. The first-order valence-corrected chi connectivity index (χ1v) is 31.1. The molecule has 6 nitrogen and oxygen atoms in total. The van der Waals surface area contributed by atoms with Crippen molar-refractivity contribution in [2.75, 3.05) is 13.2 Å². The summed E-state index contributed by atoms with van der Waals surface area (Å²) in [4.78, 5) is 24.6. The molecule has 2 atom stereocenters. The minimum absolute atomic E-state index is 0.00948. The zero-order chi connectivity index (χ0) is 50.0. The zero-order valence-electron chi connectivity index (χ0n) is 46.6. The fraction of sp³-hybridized carbons (Fsp3) is 0.905. The molecule has 0 aromatic rings. The van der Waals surface area contributed by atoms with E-state index in [4.69, 9.17) is 4.74 Å². The largest absolute Gasteiger partial charge is 0.466 e. The Morgan fingerprint density at radius 2 is 0.681 bits per heavy atom. The van der Waals surface area contributed by atoms with E-state index in [9.17, 15) is 19.8 Å². The van der Waals surface area contributed by atoms with Gasteiger partial charge in [0.2, 0.25) is 5.91 Å². The van der Waals surface area contributed by atoms with E-state index in [1.54, 1.807) is 0 Å². The lowest BCUT2D eigenvalue weighted by Crippen LogP contribution is -2.45. The molecule has 2 unspecified atom stereocenters. The Hall–Kier alpha value is -1.66. The van der Waals surface area contributed by atoms with E-state index < -0.39 is 12.1 Å². The number of amides is 1. The van der Waals surface area contributed by atoms with Crippen LogP contribution >= 0.6 is 0 Å². The van der Waals surface area contributed by atoms with Crippen molar-refractivity contribution >= 4 is 11.9 Å². The number of aliphatic hydroxyl groups is 2. The normalized spacial score (nSPS) is 12.7. The number of carbonyl (C=O) groups is 2. The molecule has 0 heterocycles. The van der Waals surface area contributed by atoms with E-state index in [1.165, 1.54) is 244 Å². The van der Waals surface area contributed by atoms with Gasteiger partial charge in [-0.1, -0.05) is 276 Å². The fourth-order valence-electron chi connectivity index (χ4n) is 9.69. The second-order valence-corrected chi connectivity index (χ2v) is 21.4. The van der Waals surface area contributed by atoms with Crippen LogP contribution in [0.15, 0.2) is 24.3 Å². The van der Waals surface area contributed by atoms with Crippen LogP contribution in [0.2, 0.25) is 0 Å². The monoisotopic (exact) mass is 972 g/mol. The number of carbonyl (C=O) groups excluding carboxylic acids is 2. The number of esters is 1. The molecule has 0 aliphatic carbocycles. The summed E-state index contributed by atoms with van der Waals surface area (Å²) in [5.74, 6) is -0.0588. The van der Waals surface area contributed by atoms with Crippen LogP contribution in [0.4, 0.5) is 0 Å². The molecule has 0 rings (SSSR count). The molecule has 69 heavy (non-hydrogen) atoms. The molecule has 6 heteroatoms. The number of unbranched alkanes of at least 4 members (excludes halogenated alkanes) is 43. The summed E-state index contributed by atoms with van der Waals surface area (Å²) >= 11 is 0. The minimum Gasteiger partial charge on any atom is -0.466 e. The summed E-state index contributed by atoms with van der Waals surface area (Å²) in [5, 5.41) is 23.3.